The Kier molecular flexibility index (Phi) is 4.55. The predicted molar refractivity (Wildman–Crippen MR) is 161 cm³/mol. The van der Waals surface area contributed by atoms with Gasteiger partial charge >= 0.3 is 0 Å². The van der Waals surface area contributed by atoms with Gasteiger partial charge in [-0.25, -0.2) is 0 Å². The summed E-state index contributed by atoms with van der Waals surface area (Å²) in [6, 6.07) is 49.5. The van der Waals surface area contributed by atoms with E-state index < -0.39 is 0 Å². The van der Waals surface area contributed by atoms with Gasteiger partial charge in [0, 0.05) is 21.8 Å². The minimum Gasteiger partial charge on any atom is -0.455 e. The lowest BCUT2D eigenvalue weighted by Gasteiger charge is -2.28. The molecule has 178 valence electrons. The molecule has 0 fully saturated rings. The van der Waals surface area contributed by atoms with Gasteiger partial charge in [-0.15, -0.1) is 0 Å². The van der Waals surface area contributed by atoms with Crippen molar-refractivity contribution >= 4 is 71.3 Å². The molecule has 1 heterocycles. The maximum Gasteiger partial charge on any atom is 0.143 e. The molecule has 2 nitrogen and oxygen atoms in total. The van der Waals surface area contributed by atoms with Crippen molar-refractivity contribution in [2.75, 3.05) is 4.90 Å². The van der Waals surface area contributed by atoms with Gasteiger partial charge in [-0.05, 0) is 57.9 Å². The number of nitrogens with zero attached hydrogens (tertiary/aromatic N) is 1. The Labute approximate surface area is 220 Å². The number of para-hydroxylation sites is 1. The van der Waals surface area contributed by atoms with Crippen molar-refractivity contribution in [2.45, 2.75) is 0 Å². The molecule has 0 unspecified atom stereocenters. The van der Waals surface area contributed by atoms with E-state index in [2.05, 4.69) is 144 Å². The van der Waals surface area contributed by atoms with E-state index >= 15 is 0 Å². The van der Waals surface area contributed by atoms with Gasteiger partial charge in [0.05, 0.1) is 16.8 Å². The summed E-state index contributed by atoms with van der Waals surface area (Å²) in [5.74, 6) is 0. The maximum absolute atomic E-state index is 6.56. The van der Waals surface area contributed by atoms with E-state index in [1.807, 2.05) is 0 Å². The van der Waals surface area contributed by atoms with Gasteiger partial charge in [0.25, 0.3) is 0 Å². The molecule has 0 bridgehead atoms. The fourth-order valence-corrected chi connectivity index (χ4v) is 5.93. The van der Waals surface area contributed by atoms with Gasteiger partial charge in [0.15, 0.2) is 0 Å². The van der Waals surface area contributed by atoms with Gasteiger partial charge in [-0.1, -0.05) is 103 Å². The minimum absolute atomic E-state index is 0.889. The number of anilines is 3. The van der Waals surface area contributed by atoms with Crippen LogP contribution in [-0.2, 0) is 0 Å². The lowest BCUT2D eigenvalue weighted by atomic mass is 9.98. The summed E-state index contributed by atoms with van der Waals surface area (Å²) in [4.78, 5) is 2.39. The van der Waals surface area contributed by atoms with Crippen LogP contribution in [0.4, 0.5) is 17.1 Å². The number of benzene rings is 7. The molecule has 0 aliphatic rings. The molecule has 2 heteroatoms. The summed E-state index contributed by atoms with van der Waals surface area (Å²) in [5, 5.41) is 9.50. The number of furan rings is 1. The van der Waals surface area contributed by atoms with E-state index in [9.17, 15) is 0 Å². The monoisotopic (exact) mass is 485 g/mol. The Hall–Kier alpha value is -5.08. The maximum atomic E-state index is 6.56. The first-order chi connectivity index (χ1) is 18.9. The van der Waals surface area contributed by atoms with Gasteiger partial charge in [0.1, 0.15) is 11.2 Å². The van der Waals surface area contributed by atoms with Crippen molar-refractivity contribution in [1.29, 1.82) is 0 Å². The lowest BCUT2D eigenvalue weighted by Crippen LogP contribution is -2.11. The molecule has 0 N–H and O–H groups in total. The van der Waals surface area contributed by atoms with Crippen LogP contribution in [0.15, 0.2) is 144 Å². The summed E-state index contributed by atoms with van der Waals surface area (Å²) in [6.07, 6.45) is 0. The normalized spacial score (nSPS) is 11.7. The smallest absolute Gasteiger partial charge is 0.143 e. The molecule has 1 aromatic heterocycles. The number of hydrogen-bond donors (Lipinski definition) is 0. The zero-order chi connectivity index (χ0) is 25.1. The predicted octanol–water partition coefficient (Wildman–Crippen LogP) is 10.5. The highest BCUT2D eigenvalue weighted by Gasteiger charge is 2.22. The molecule has 0 aliphatic carbocycles. The standard InChI is InChI=1S/C36H23NO/c1-2-13-26(14-3-1)37(33-23-25-12-5-6-15-27(25)29-17-8-9-18-30(29)33)32-19-10-20-34-35(32)31-22-21-24-11-4-7-16-28(24)36(31)38-34/h1-23H. The second kappa shape index (κ2) is 8.22. The fourth-order valence-electron chi connectivity index (χ4n) is 5.93. The van der Waals surface area contributed by atoms with Crippen LogP contribution in [0.2, 0.25) is 0 Å². The summed E-state index contributed by atoms with van der Waals surface area (Å²) < 4.78 is 6.56. The van der Waals surface area contributed by atoms with Crippen LogP contribution in [-0.4, -0.2) is 0 Å². The third-order valence-corrected chi connectivity index (χ3v) is 7.61. The van der Waals surface area contributed by atoms with Gasteiger partial charge in [0.2, 0.25) is 0 Å². The Morgan fingerprint density at radius 2 is 1.11 bits per heavy atom. The molecule has 7 aromatic carbocycles. The molecule has 0 atom stereocenters. The molecule has 8 aromatic rings. The van der Waals surface area contributed by atoms with Crippen molar-refractivity contribution in [3.8, 4) is 0 Å². The first-order valence-electron chi connectivity index (χ1n) is 13.0. The van der Waals surface area contributed by atoms with E-state index in [0.717, 1.165) is 44.4 Å². The summed E-state index contributed by atoms with van der Waals surface area (Å²) in [5.41, 5.74) is 5.17. The highest BCUT2D eigenvalue weighted by Crippen LogP contribution is 2.46. The van der Waals surface area contributed by atoms with Crippen molar-refractivity contribution in [1.82, 2.24) is 0 Å². The third-order valence-electron chi connectivity index (χ3n) is 7.61. The van der Waals surface area contributed by atoms with Gasteiger partial charge in [-0.2, -0.15) is 0 Å². The topological polar surface area (TPSA) is 16.4 Å². The first kappa shape index (κ1) is 21.0. The summed E-state index contributed by atoms with van der Waals surface area (Å²) >= 11 is 0. The Morgan fingerprint density at radius 3 is 1.95 bits per heavy atom. The van der Waals surface area contributed by atoms with Crippen LogP contribution in [0.3, 0.4) is 0 Å². The molecule has 38 heavy (non-hydrogen) atoms. The second-order valence-electron chi connectivity index (χ2n) is 9.75. The largest absolute Gasteiger partial charge is 0.455 e. The molecular formula is C36H23NO. The van der Waals surface area contributed by atoms with E-state index in [1.165, 1.54) is 26.9 Å². The highest BCUT2D eigenvalue weighted by atomic mass is 16.3. The van der Waals surface area contributed by atoms with Crippen molar-refractivity contribution in [3.05, 3.63) is 140 Å². The molecule has 8 rings (SSSR count). The number of hydrogen-bond acceptors (Lipinski definition) is 2. The zero-order valence-corrected chi connectivity index (χ0v) is 20.6. The first-order valence-corrected chi connectivity index (χ1v) is 13.0. The molecule has 0 saturated carbocycles. The fraction of sp³-hybridized carbons (Fsp3) is 0. The average Bonchev–Trinajstić information content (AvgIpc) is 3.38. The SMILES string of the molecule is c1ccc(N(c2cc3ccccc3c3ccccc23)c2cccc3oc4c5ccccc5ccc4c23)cc1. The summed E-state index contributed by atoms with van der Waals surface area (Å²) in [6.45, 7) is 0. The van der Waals surface area contributed by atoms with E-state index in [4.69, 9.17) is 4.42 Å². The van der Waals surface area contributed by atoms with Crippen molar-refractivity contribution in [3.63, 3.8) is 0 Å². The molecule has 0 amide bonds. The molecule has 0 spiro atoms. The minimum atomic E-state index is 0.889. The van der Waals surface area contributed by atoms with Crippen molar-refractivity contribution < 1.29 is 4.42 Å². The van der Waals surface area contributed by atoms with E-state index in [1.54, 1.807) is 0 Å². The van der Waals surface area contributed by atoms with Crippen LogP contribution < -0.4 is 4.90 Å². The second-order valence-corrected chi connectivity index (χ2v) is 9.75. The quantitative estimate of drug-likeness (QED) is 0.231. The number of rotatable bonds is 3. The third kappa shape index (κ3) is 3.07. The molecule has 0 saturated heterocycles. The molecular weight excluding hydrogens is 462 g/mol. The van der Waals surface area contributed by atoms with E-state index in [0.29, 0.717) is 0 Å². The van der Waals surface area contributed by atoms with Gasteiger partial charge < -0.3 is 9.32 Å². The van der Waals surface area contributed by atoms with E-state index in [-0.39, 0.29) is 0 Å². The average molecular weight is 486 g/mol. The Balaban J connectivity index is 1.51. The zero-order valence-electron chi connectivity index (χ0n) is 20.6. The van der Waals surface area contributed by atoms with Crippen LogP contribution in [0, 0.1) is 0 Å². The van der Waals surface area contributed by atoms with Gasteiger partial charge in [-0.3, -0.25) is 0 Å². The summed E-state index contributed by atoms with van der Waals surface area (Å²) in [7, 11) is 0. The van der Waals surface area contributed by atoms with Crippen LogP contribution in [0.5, 0.6) is 0 Å². The Bertz CT molecular complexity index is 2140. The molecule has 0 radical (unpaired) electrons. The highest BCUT2D eigenvalue weighted by molar-refractivity contribution is 6.21. The van der Waals surface area contributed by atoms with Crippen LogP contribution in [0.1, 0.15) is 0 Å². The van der Waals surface area contributed by atoms with Crippen LogP contribution in [0.25, 0.3) is 54.3 Å². The number of fused-ring (bicyclic) bond motifs is 8. The van der Waals surface area contributed by atoms with Crippen molar-refractivity contribution in [2.24, 2.45) is 0 Å². The lowest BCUT2D eigenvalue weighted by molar-refractivity contribution is 0.672. The van der Waals surface area contributed by atoms with Crippen LogP contribution >= 0.6 is 0 Å². The molecule has 0 aliphatic heterocycles. The Morgan fingerprint density at radius 1 is 0.421 bits per heavy atom.